The highest BCUT2D eigenvalue weighted by Crippen LogP contribution is 2.53. The number of nitrogens with one attached hydrogen (secondary N) is 1. The molecular weight excluding hydrogens is 244 g/mol. The van der Waals surface area contributed by atoms with E-state index in [9.17, 15) is 10.1 Å². The highest BCUT2D eigenvalue weighted by Gasteiger charge is 2.59. The van der Waals surface area contributed by atoms with E-state index in [0.717, 1.165) is 13.0 Å². The van der Waals surface area contributed by atoms with Crippen molar-refractivity contribution in [2.45, 2.75) is 32.4 Å². The zero-order chi connectivity index (χ0) is 13.6. The van der Waals surface area contributed by atoms with E-state index in [0.29, 0.717) is 11.6 Å². The van der Waals surface area contributed by atoms with E-state index in [1.807, 2.05) is 6.07 Å². The van der Waals surface area contributed by atoms with Crippen LogP contribution < -0.4 is 5.32 Å². The molecular formula is C14H18N2O3. The molecule has 1 aromatic rings. The Balaban J connectivity index is 1.84. The molecule has 3 unspecified atom stereocenters. The van der Waals surface area contributed by atoms with Gasteiger partial charge in [-0.05, 0) is 12.5 Å². The third kappa shape index (κ3) is 1.80. The monoisotopic (exact) mass is 262 g/mol. The van der Waals surface area contributed by atoms with Gasteiger partial charge in [0.05, 0.1) is 11.0 Å². The number of fused-ring (bicyclic) bond motifs is 1. The highest BCUT2D eigenvalue weighted by atomic mass is 16.6. The third-order valence-corrected chi connectivity index (χ3v) is 4.51. The van der Waals surface area contributed by atoms with Gasteiger partial charge in [0.25, 0.3) is 5.69 Å². The number of rotatable bonds is 3. The highest BCUT2D eigenvalue weighted by molar-refractivity contribution is 5.62. The molecule has 102 valence electrons. The number of benzene rings is 1. The van der Waals surface area contributed by atoms with Crippen LogP contribution >= 0.6 is 0 Å². The van der Waals surface area contributed by atoms with Gasteiger partial charge >= 0.3 is 0 Å². The lowest BCUT2D eigenvalue weighted by Gasteiger charge is -2.54. The smallest absolute Gasteiger partial charge is 0.292 e. The summed E-state index contributed by atoms with van der Waals surface area (Å²) >= 11 is 0. The van der Waals surface area contributed by atoms with Crippen molar-refractivity contribution in [2.24, 2.45) is 11.3 Å². The Morgan fingerprint density at radius 3 is 2.89 bits per heavy atom. The molecule has 1 saturated heterocycles. The molecule has 1 aromatic carbocycles. The quantitative estimate of drug-likeness (QED) is 0.672. The van der Waals surface area contributed by atoms with Crippen LogP contribution in [-0.4, -0.2) is 23.7 Å². The lowest BCUT2D eigenvalue weighted by molar-refractivity contribution is -0.384. The van der Waals surface area contributed by atoms with Crippen LogP contribution in [0, 0.1) is 21.4 Å². The van der Waals surface area contributed by atoms with E-state index in [1.165, 1.54) is 6.07 Å². The maximum Gasteiger partial charge on any atom is 0.292 e. The summed E-state index contributed by atoms with van der Waals surface area (Å²) in [7, 11) is 0. The van der Waals surface area contributed by atoms with Crippen LogP contribution in [0.3, 0.4) is 0 Å². The van der Waals surface area contributed by atoms with Crippen molar-refractivity contribution in [3.05, 3.63) is 34.4 Å². The molecule has 1 aliphatic heterocycles. The van der Waals surface area contributed by atoms with Gasteiger partial charge in [-0.15, -0.1) is 0 Å². The fraction of sp³-hybridized carbons (Fsp3) is 0.571. The molecule has 0 amide bonds. The molecule has 3 rings (SSSR count). The topological polar surface area (TPSA) is 64.4 Å². The molecule has 3 atom stereocenters. The van der Waals surface area contributed by atoms with Gasteiger partial charge in [0, 0.05) is 30.0 Å². The Morgan fingerprint density at radius 1 is 1.42 bits per heavy atom. The van der Waals surface area contributed by atoms with Crippen molar-refractivity contribution in [1.82, 2.24) is 0 Å². The van der Waals surface area contributed by atoms with Gasteiger partial charge in [-0.25, -0.2) is 0 Å². The number of ether oxygens (including phenoxy) is 1. The average Bonchev–Trinajstić information content (AvgIpc) is 2.83. The Bertz CT molecular complexity index is 515. The van der Waals surface area contributed by atoms with E-state index < -0.39 is 0 Å². The van der Waals surface area contributed by atoms with E-state index >= 15 is 0 Å². The van der Waals surface area contributed by atoms with Crippen LogP contribution in [0.2, 0.25) is 0 Å². The Hall–Kier alpha value is -1.62. The molecule has 5 heteroatoms. The third-order valence-electron chi connectivity index (χ3n) is 4.51. The molecule has 1 aliphatic carbocycles. The summed E-state index contributed by atoms with van der Waals surface area (Å²) in [6.45, 7) is 5.12. The molecule has 0 spiro atoms. The summed E-state index contributed by atoms with van der Waals surface area (Å²) in [5.41, 5.74) is 0.766. The predicted molar refractivity (Wildman–Crippen MR) is 72.1 cm³/mol. The predicted octanol–water partition coefficient (Wildman–Crippen LogP) is 2.82. The molecule has 2 aliphatic rings. The molecule has 0 aromatic heterocycles. The van der Waals surface area contributed by atoms with Crippen molar-refractivity contribution >= 4 is 11.4 Å². The fourth-order valence-electron chi connectivity index (χ4n) is 3.54. The maximum atomic E-state index is 11.0. The summed E-state index contributed by atoms with van der Waals surface area (Å²) < 4.78 is 5.74. The van der Waals surface area contributed by atoms with Gasteiger partial charge in [0.1, 0.15) is 5.69 Å². The Labute approximate surface area is 112 Å². The zero-order valence-corrected chi connectivity index (χ0v) is 11.1. The Kier molecular flexibility index (Phi) is 2.74. The van der Waals surface area contributed by atoms with Crippen LogP contribution in [0.25, 0.3) is 0 Å². The summed E-state index contributed by atoms with van der Waals surface area (Å²) in [5.74, 6) is 0.467. The van der Waals surface area contributed by atoms with Gasteiger partial charge in [0.2, 0.25) is 0 Å². The second-order valence-corrected chi connectivity index (χ2v) is 5.96. The first-order valence-electron chi connectivity index (χ1n) is 6.63. The first kappa shape index (κ1) is 12.4. The van der Waals surface area contributed by atoms with Crippen molar-refractivity contribution in [2.75, 3.05) is 11.9 Å². The van der Waals surface area contributed by atoms with Gasteiger partial charge in [0.15, 0.2) is 0 Å². The normalized spacial score (nSPS) is 31.4. The number of hydrogen-bond donors (Lipinski definition) is 1. The number of nitro benzene ring substituents is 1. The van der Waals surface area contributed by atoms with E-state index in [2.05, 4.69) is 19.2 Å². The second kappa shape index (κ2) is 4.20. The van der Waals surface area contributed by atoms with E-state index in [4.69, 9.17) is 4.74 Å². The summed E-state index contributed by atoms with van der Waals surface area (Å²) in [6, 6.07) is 7.06. The lowest BCUT2D eigenvalue weighted by Crippen LogP contribution is -2.63. The molecule has 5 nitrogen and oxygen atoms in total. The molecule has 2 fully saturated rings. The minimum atomic E-state index is -0.337. The first-order valence-corrected chi connectivity index (χ1v) is 6.63. The minimum Gasteiger partial charge on any atom is -0.377 e. The van der Waals surface area contributed by atoms with Gasteiger partial charge in [-0.3, -0.25) is 10.1 Å². The minimum absolute atomic E-state index is 0.0187. The summed E-state index contributed by atoms with van der Waals surface area (Å²) in [5, 5.41) is 14.4. The van der Waals surface area contributed by atoms with Crippen LogP contribution in [0.5, 0.6) is 0 Å². The number of para-hydroxylation sites is 2. The molecule has 1 saturated carbocycles. The summed E-state index contributed by atoms with van der Waals surface area (Å²) in [6.07, 6.45) is 1.32. The Morgan fingerprint density at radius 2 is 2.16 bits per heavy atom. The van der Waals surface area contributed by atoms with Crippen LogP contribution in [0.1, 0.15) is 20.3 Å². The zero-order valence-electron chi connectivity index (χ0n) is 11.1. The fourth-order valence-corrected chi connectivity index (χ4v) is 3.54. The van der Waals surface area contributed by atoms with Crippen LogP contribution in [0.4, 0.5) is 11.4 Å². The summed E-state index contributed by atoms with van der Waals surface area (Å²) in [4.78, 5) is 10.7. The number of anilines is 1. The number of nitro groups is 1. The SMILES string of the molecule is CC1(C)C(Nc2ccccc2[N+](=O)[O-])C2CCOC21. The van der Waals surface area contributed by atoms with Gasteiger partial charge in [-0.2, -0.15) is 0 Å². The van der Waals surface area contributed by atoms with Crippen LogP contribution in [0.15, 0.2) is 24.3 Å². The molecule has 19 heavy (non-hydrogen) atoms. The number of hydrogen-bond acceptors (Lipinski definition) is 4. The van der Waals surface area contributed by atoms with Crippen molar-refractivity contribution < 1.29 is 9.66 Å². The largest absolute Gasteiger partial charge is 0.377 e. The van der Waals surface area contributed by atoms with Gasteiger partial charge in [-0.1, -0.05) is 26.0 Å². The van der Waals surface area contributed by atoms with Crippen molar-refractivity contribution in [3.8, 4) is 0 Å². The molecule has 0 radical (unpaired) electrons. The van der Waals surface area contributed by atoms with Crippen LogP contribution in [-0.2, 0) is 4.74 Å². The second-order valence-electron chi connectivity index (χ2n) is 5.96. The molecule has 1 N–H and O–H groups in total. The van der Waals surface area contributed by atoms with E-state index in [-0.39, 0.29) is 28.2 Å². The first-order chi connectivity index (χ1) is 9.01. The standard InChI is InChI=1S/C14H18N2O3/c1-14(2)12(9-7-8-19-13(9)14)15-10-5-3-4-6-11(10)16(17)18/h3-6,9,12-13,15H,7-8H2,1-2H3. The molecule has 0 bridgehead atoms. The van der Waals surface area contributed by atoms with Gasteiger partial charge < -0.3 is 10.1 Å². The van der Waals surface area contributed by atoms with E-state index in [1.54, 1.807) is 12.1 Å². The van der Waals surface area contributed by atoms with Crippen molar-refractivity contribution in [3.63, 3.8) is 0 Å². The lowest BCUT2D eigenvalue weighted by atomic mass is 9.57. The number of nitrogens with zero attached hydrogens (tertiary/aromatic N) is 1. The van der Waals surface area contributed by atoms with Crippen molar-refractivity contribution in [1.29, 1.82) is 0 Å². The maximum absolute atomic E-state index is 11.0. The average molecular weight is 262 g/mol. The molecule has 1 heterocycles.